The number of hydrogen-bond donors (Lipinski definition) is 1. The molecule has 0 bridgehead atoms. The van der Waals surface area contributed by atoms with Crippen molar-refractivity contribution in [3.8, 4) is 0 Å². The summed E-state index contributed by atoms with van der Waals surface area (Å²) in [5, 5.41) is 8.72. The molecule has 94 valence electrons. The first-order valence-electron chi connectivity index (χ1n) is 5.74. The Hall–Kier alpha value is -0.870. The molecule has 0 fully saturated rings. The summed E-state index contributed by atoms with van der Waals surface area (Å²) in [4.78, 5) is 15.0. The van der Waals surface area contributed by atoms with E-state index in [0.717, 1.165) is 32.6 Å². The first-order valence-corrected chi connectivity index (χ1v) is 5.74. The molecule has 0 aliphatic heterocycles. The highest BCUT2D eigenvalue weighted by Gasteiger charge is 2.03. The average Bonchev–Trinajstić information content (AvgIpc) is 2.21. The minimum Gasteiger partial charge on any atom is -0.478 e. The van der Waals surface area contributed by atoms with E-state index >= 15 is 0 Å². The molecule has 0 unspecified atom stereocenters. The van der Waals surface area contributed by atoms with Crippen LogP contribution in [0.1, 0.15) is 20.3 Å². The molecule has 0 rings (SSSR count). The Balaban J connectivity index is 3.92. The van der Waals surface area contributed by atoms with Crippen LogP contribution in [0.2, 0.25) is 0 Å². The fourth-order valence-corrected chi connectivity index (χ4v) is 1.34. The van der Waals surface area contributed by atoms with E-state index in [1.807, 2.05) is 0 Å². The lowest BCUT2D eigenvalue weighted by molar-refractivity contribution is -0.132. The van der Waals surface area contributed by atoms with Crippen LogP contribution in [0.4, 0.5) is 0 Å². The van der Waals surface area contributed by atoms with Gasteiger partial charge in [0.15, 0.2) is 0 Å². The first-order chi connectivity index (χ1) is 7.47. The highest BCUT2D eigenvalue weighted by atomic mass is 16.4. The highest BCUT2D eigenvalue weighted by Crippen LogP contribution is 1.97. The molecule has 0 aromatic carbocycles. The summed E-state index contributed by atoms with van der Waals surface area (Å²) >= 11 is 0. The van der Waals surface area contributed by atoms with E-state index in [-0.39, 0.29) is 0 Å². The largest absolute Gasteiger partial charge is 0.478 e. The summed E-state index contributed by atoms with van der Waals surface area (Å²) in [6.07, 6.45) is 2.89. The minimum absolute atomic E-state index is 0.422. The standard InChI is InChI=1S/C12H24N2O2/c1-5-14(9-6-8-13(3)4)10-7-11(2)12(15)16/h7H,5-6,8-10H2,1-4H3,(H,15,16)/b11-7-. The van der Waals surface area contributed by atoms with Crippen LogP contribution >= 0.6 is 0 Å². The second-order valence-corrected chi connectivity index (χ2v) is 4.24. The van der Waals surface area contributed by atoms with Crippen molar-refractivity contribution in [3.63, 3.8) is 0 Å². The number of likely N-dealkylation sites (N-methyl/N-ethyl adjacent to an activating group) is 1. The number of nitrogens with zero attached hydrogens (tertiary/aromatic N) is 2. The van der Waals surface area contributed by atoms with Gasteiger partial charge in [-0.05, 0) is 47.1 Å². The van der Waals surface area contributed by atoms with Gasteiger partial charge in [0.2, 0.25) is 0 Å². The van der Waals surface area contributed by atoms with Crippen LogP contribution in [-0.4, -0.2) is 61.2 Å². The molecule has 0 aromatic rings. The van der Waals surface area contributed by atoms with Crippen LogP contribution in [0, 0.1) is 0 Å². The van der Waals surface area contributed by atoms with Crippen LogP contribution < -0.4 is 0 Å². The van der Waals surface area contributed by atoms with Gasteiger partial charge in [-0.15, -0.1) is 0 Å². The zero-order valence-electron chi connectivity index (χ0n) is 10.9. The van der Waals surface area contributed by atoms with Gasteiger partial charge < -0.3 is 10.0 Å². The fraction of sp³-hybridized carbons (Fsp3) is 0.750. The molecule has 0 spiro atoms. The van der Waals surface area contributed by atoms with Crippen LogP contribution in [0.25, 0.3) is 0 Å². The quantitative estimate of drug-likeness (QED) is 0.636. The number of aliphatic carboxylic acids is 1. The maximum Gasteiger partial charge on any atom is 0.330 e. The van der Waals surface area contributed by atoms with Gasteiger partial charge in [-0.25, -0.2) is 4.79 Å². The minimum atomic E-state index is -0.829. The maximum atomic E-state index is 10.6. The van der Waals surface area contributed by atoms with Crippen molar-refractivity contribution in [2.45, 2.75) is 20.3 Å². The molecule has 4 nitrogen and oxygen atoms in total. The normalized spacial score (nSPS) is 12.5. The molecule has 4 heteroatoms. The second kappa shape index (κ2) is 8.30. The summed E-state index contributed by atoms with van der Waals surface area (Å²) in [5.74, 6) is -0.829. The molecular formula is C12H24N2O2. The molecule has 0 saturated carbocycles. The van der Waals surface area contributed by atoms with Crippen molar-refractivity contribution in [1.82, 2.24) is 9.80 Å². The van der Waals surface area contributed by atoms with Gasteiger partial charge in [0, 0.05) is 12.1 Å². The monoisotopic (exact) mass is 228 g/mol. The SMILES string of the molecule is CCN(C/C=C(/C)C(=O)O)CCCN(C)C. The Morgan fingerprint density at radius 1 is 1.31 bits per heavy atom. The number of rotatable bonds is 8. The van der Waals surface area contributed by atoms with Crippen LogP contribution in [0.15, 0.2) is 11.6 Å². The third kappa shape index (κ3) is 7.43. The van der Waals surface area contributed by atoms with Crippen molar-refractivity contribution in [1.29, 1.82) is 0 Å². The van der Waals surface area contributed by atoms with E-state index in [0.29, 0.717) is 5.57 Å². The van der Waals surface area contributed by atoms with Gasteiger partial charge in [-0.1, -0.05) is 13.0 Å². The molecule has 16 heavy (non-hydrogen) atoms. The maximum absolute atomic E-state index is 10.6. The first kappa shape index (κ1) is 15.1. The lowest BCUT2D eigenvalue weighted by Crippen LogP contribution is -2.27. The second-order valence-electron chi connectivity index (χ2n) is 4.24. The van der Waals surface area contributed by atoms with E-state index in [1.54, 1.807) is 13.0 Å². The van der Waals surface area contributed by atoms with Gasteiger partial charge in [-0.2, -0.15) is 0 Å². The Kier molecular flexibility index (Phi) is 7.85. The molecule has 0 saturated heterocycles. The molecule has 0 aromatic heterocycles. The predicted octanol–water partition coefficient (Wildman–Crippen LogP) is 1.29. The summed E-state index contributed by atoms with van der Waals surface area (Å²) in [7, 11) is 4.12. The van der Waals surface area contributed by atoms with Gasteiger partial charge in [0.1, 0.15) is 0 Å². The van der Waals surface area contributed by atoms with Gasteiger partial charge in [0.25, 0.3) is 0 Å². The molecule has 0 aliphatic carbocycles. The number of hydrogen-bond acceptors (Lipinski definition) is 3. The third-order valence-electron chi connectivity index (χ3n) is 2.52. The average molecular weight is 228 g/mol. The lowest BCUT2D eigenvalue weighted by Gasteiger charge is -2.19. The van der Waals surface area contributed by atoms with E-state index < -0.39 is 5.97 Å². The molecular weight excluding hydrogens is 204 g/mol. The fourth-order valence-electron chi connectivity index (χ4n) is 1.34. The smallest absolute Gasteiger partial charge is 0.330 e. The highest BCUT2D eigenvalue weighted by molar-refractivity contribution is 5.85. The van der Waals surface area contributed by atoms with Crippen LogP contribution in [0.5, 0.6) is 0 Å². The van der Waals surface area contributed by atoms with E-state index in [4.69, 9.17) is 5.11 Å². The Bertz CT molecular complexity index is 237. The zero-order valence-corrected chi connectivity index (χ0v) is 10.9. The van der Waals surface area contributed by atoms with Crippen LogP contribution in [-0.2, 0) is 4.79 Å². The molecule has 0 aliphatic rings. The Morgan fingerprint density at radius 2 is 1.94 bits per heavy atom. The zero-order chi connectivity index (χ0) is 12.6. The van der Waals surface area contributed by atoms with Crippen LogP contribution in [0.3, 0.4) is 0 Å². The molecule has 0 radical (unpaired) electrons. The van der Waals surface area contributed by atoms with Gasteiger partial charge in [0.05, 0.1) is 0 Å². The third-order valence-corrected chi connectivity index (χ3v) is 2.52. The Labute approximate surface area is 98.5 Å². The van der Waals surface area contributed by atoms with Gasteiger partial charge in [-0.3, -0.25) is 4.90 Å². The van der Waals surface area contributed by atoms with Crippen molar-refractivity contribution in [2.75, 3.05) is 40.3 Å². The Morgan fingerprint density at radius 3 is 2.38 bits per heavy atom. The summed E-state index contributed by atoms with van der Waals surface area (Å²) in [5.41, 5.74) is 0.422. The number of carbonyl (C=O) groups is 1. The van der Waals surface area contributed by atoms with Crippen molar-refractivity contribution < 1.29 is 9.90 Å². The number of carboxylic acid groups (broad SMARTS) is 1. The number of carboxylic acids is 1. The van der Waals surface area contributed by atoms with Crippen molar-refractivity contribution >= 4 is 5.97 Å². The molecule has 1 N–H and O–H groups in total. The summed E-state index contributed by atoms with van der Waals surface area (Å²) < 4.78 is 0. The molecule has 0 amide bonds. The lowest BCUT2D eigenvalue weighted by atomic mass is 10.2. The van der Waals surface area contributed by atoms with E-state index in [1.165, 1.54) is 0 Å². The van der Waals surface area contributed by atoms with Crippen molar-refractivity contribution in [3.05, 3.63) is 11.6 Å². The van der Waals surface area contributed by atoms with E-state index in [2.05, 4.69) is 30.8 Å². The molecule has 0 heterocycles. The van der Waals surface area contributed by atoms with E-state index in [9.17, 15) is 4.79 Å². The summed E-state index contributed by atoms with van der Waals surface area (Å²) in [6, 6.07) is 0. The predicted molar refractivity (Wildman–Crippen MR) is 66.7 cm³/mol. The summed E-state index contributed by atoms with van der Waals surface area (Å²) in [6.45, 7) is 7.49. The van der Waals surface area contributed by atoms with Gasteiger partial charge >= 0.3 is 5.97 Å². The topological polar surface area (TPSA) is 43.8 Å². The van der Waals surface area contributed by atoms with Crippen molar-refractivity contribution in [2.24, 2.45) is 0 Å². The molecule has 0 atom stereocenters.